The molecule has 7 heteroatoms. The molecule has 2 rings (SSSR count). The van der Waals surface area contributed by atoms with E-state index in [0.717, 1.165) is 6.08 Å². The third-order valence-corrected chi connectivity index (χ3v) is 2.46. The van der Waals surface area contributed by atoms with E-state index in [-0.39, 0.29) is 11.3 Å². The normalized spacial score (nSPS) is 15.2. The van der Waals surface area contributed by atoms with Gasteiger partial charge in [-0.25, -0.2) is 4.79 Å². The summed E-state index contributed by atoms with van der Waals surface area (Å²) in [6.45, 7) is 0. The molecule has 0 unspecified atom stereocenters. The average molecular weight is 248 g/mol. The number of carbonyl (C=O) groups excluding carboxylic acids is 2. The first-order chi connectivity index (χ1) is 8.52. The van der Waals surface area contributed by atoms with Crippen LogP contribution in [0.2, 0.25) is 0 Å². The number of carbonyl (C=O) groups is 2. The number of nitrogens with zero attached hydrogens (tertiary/aromatic N) is 1. The number of nitrogens with one attached hydrogen (secondary N) is 1. The van der Waals surface area contributed by atoms with Crippen LogP contribution in [0.5, 0.6) is 0 Å². The van der Waals surface area contributed by atoms with Gasteiger partial charge in [0, 0.05) is 29.5 Å². The van der Waals surface area contributed by atoms with E-state index in [4.69, 9.17) is 0 Å². The second-order valence-corrected chi connectivity index (χ2v) is 3.52. The highest BCUT2D eigenvalue weighted by Gasteiger charge is 2.27. The molecular weight excluding hydrogens is 240 g/mol. The largest absolute Gasteiger partial charge is 0.466 e. The topological polar surface area (TPSA) is 98.5 Å². The van der Waals surface area contributed by atoms with E-state index in [9.17, 15) is 19.7 Å². The fraction of sp³-hybridized carbons (Fsp3) is 0.0909. The standard InChI is InChI=1S/C11H8N2O5/c1-18-10(14)5-8-7-4-6(13(16)17)2-3-9(7)12-11(8)15/h2-5H,1H3,(H,12,15)/b8-5-. The molecule has 0 saturated heterocycles. The molecule has 1 aromatic rings. The molecule has 0 spiro atoms. The second kappa shape index (κ2) is 4.28. The average Bonchev–Trinajstić information content (AvgIpc) is 2.65. The van der Waals surface area contributed by atoms with Crippen molar-refractivity contribution in [2.45, 2.75) is 0 Å². The van der Waals surface area contributed by atoms with Crippen LogP contribution in [0, 0.1) is 10.1 Å². The predicted octanol–water partition coefficient (Wildman–Crippen LogP) is 1.10. The van der Waals surface area contributed by atoms with Crippen LogP contribution in [0.25, 0.3) is 5.57 Å². The number of nitro benzene ring substituents is 1. The summed E-state index contributed by atoms with van der Waals surface area (Å²) >= 11 is 0. The Balaban J connectivity index is 2.52. The van der Waals surface area contributed by atoms with Gasteiger partial charge in [-0.3, -0.25) is 14.9 Å². The highest BCUT2D eigenvalue weighted by molar-refractivity contribution is 6.33. The number of rotatable bonds is 2. The predicted molar refractivity (Wildman–Crippen MR) is 61.7 cm³/mol. The number of methoxy groups -OCH3 is 1. The summed E-state index contributed by atoms with van der Waals surface area (Å²) in [6.07, 6.45) is 1.00. The summed E-state index contributed by atoms with van der Waals surface area (Å²) in [5.41, 5.74) is 0.655. The van der Waals surface area contributed by atoms with Crippen LogP contribution >= 0.6 is 0 Å². The minimum Gasteiger partial charge on any atom is -0.466 e. The van der Waals surface area contributed by atoms with Gasteiger partial charge in [0.05, 0.1) is 17.6 Å². The smallest absolute Gasteiger partial charge is 0.331 e. The zero-order valence-corrected chi connectivity index (χ0v) is 9.30. The minimum atomic E-state index is -0.695. The van der Waals surface area contributed by atoms with Crippen LogP contribution < -0.4 is 5.32 Å². The van der Waals surface area contributed by atoms with Crippen molar-refractivity contribution < 1.29 is 19.2 Å². The summed E-state index contributed by atoms with van der Waals surface area (Å²) < 4.78 is 4.42. The van der Waals surface area contributed by atoms with Crippen LogP contribution in [0.1, 0.15) is 5.56 Å². The molecule has 1 N–H and O–H groups in total. The number of hydrogen-bond donors (Lipinski definition) is 1. The van der Waals surface area contributed by atoms with Gasteiger partial charge in [0.15, 0.2) is 0 Å². The summed E-state index contributed by atoms with van der Waals surface area (Å²) in [5.74, 6) is -1.18. The van der Waals surface area contributed by atoms with Crippen molar-refractivity contribution in [1.82, 2.24) is 0 Å². The number of esters is 1. The Kier molecular flexibility index (Phi) is 2.80. The Morgan fingerprint density at radius 1 is 1.50 bits per heavy atom. The van der Waals surface area contributed by atoms with Crippen molar-refractivity contribution in [3.63, 3.8) is 0 Å². The van der Waals surface area contributed by atoms with E-state index in [0.29, 0.717) is 11.3 Å². The molecule has 0 aliphatic carbocycles. The number of nitro groups is 1. The molecule has 1 aliphatic rings. The van der Waals surface area contributed by atoms with Gasteiger partial charge in [-0.15, -0.1) is 0 Å². The maximum Gasteiger partial charge on any atom is 0.331 e. The Bertz CT molecular complexity index is 591. The highest BCUT2D eigenvalue weighted by atomic mass is 16.6. The highest BCUT2D eigenvalue weighted by Crippen LogP contribution is 2.34. The number of fused-ring (bicyclic) bond motifs is 1. The molecule has 0 radical (unpaired) electrons. The molecule has 0 saturated carbocycles. The van der Waals surface area contributed by atoms with Gasteiger partial charge in [0.2, 0.25) is 0 Å². The fourth-order valence-corrected chi connectivity index (χ4v) is 1.61. The Morgan fingerprint density at radius 3 is 2.83 bits per heavy atom. The van der Waals surface area contributed by atoms with E-state index >= 15 is 0 Å². The lowest BCUT2D eigenvalue weighted by atomic mass is 10.1. The number of amides is 1. The molecule has 92 valence electrons. The van der Waals surface area contributed by atoms with Gasteiger partial charge in [0.1, 0.15) is 0 Å². The van der Waals surface area contributed by atoms with Gasteiger partial charge in [0.25, 0.3) is 11.6 Å². The molecule has 0 fully saturated rings. The van der Waals surface area contributed by atoms with Gasteiger partial charge in [-0.1, -0.05) is 0 Å². The third kappa shape index (κ3) is 1.93. The van der Waals surface area contributed by atoms with Crippen molar-refractivity contribution in [3.05, 3.63) is 40.0 Å². The van der Waals surface area contributed by atoms with E-state index in [2.05, 4.69) is 10.1 Å². The summed E-state index contributed by atoms with van der Waals surface area (Å²) in [7, 11) is 1.18. The van der Waals surface area contributed by atoms with Crippen molar-refractivity contribution in [1.29, 1.82) is 0 Å². The van der Waals surface area contributed by atoms with Crippen molar-refractivity contribution >= 4 is 28.8 Å². The summed E-state index contributed by atoms with van der Waals surface area (Å²) in [4.78, 5) is 32.8. The van der Waals surface area contributed by atoms with Gasteiger partial charge in [-0.2, -0.15) is 0 Å². The van der Waals surface area contributed by atoms with E-state index in [1.165, 1.54) is 25.3 Å². The quantitative estimate of drug-likeness (QED) is 0.365. The molecule has 1 heterocycles. The zero-order valence-electron chi connectivity index (χ0n) is 9.30. The van der Waals surface area contributed by atoms with Crippen LogP contribution in [-0.4, -0.2) is 23.9 Å². The molecule has 1 aliphatic heterocycles. The second-order valence-electron chi connectivity index (χ2n) is 3.52. The number of hydrogen-bond acceptors (Lipinski definition) is 5. The van der Waals surface area contributed by atoms with E-state index in [1.54, 1.807) is 0 Å². The molecular formula is C11H8N2O5. The molecule has 1 aromatic carbocycles. The van der Waals surface area contributed by atoms with Crippen LogP contribution in [0.15, 0.2) is 24.3 Å². The summed E-state index contributed by atoms with van der Waals surface area (Å²) in [5, 5.41) is 13.2. The third-order valence-electron chi connectivity index (χ3n) is 2.46. The van der Waals surface area contributed by atoms with Gasteiger partial charge in [-0.05, 0) is 6.07 Å². The van der Waals surface area contributed by atoms with Crippen LogP contribution in [0.4, 0.5) is 11.4 Å². The van der Waals surface area contributed by atoms with Gasteiger partial charge >= 0.3 is 5.97 Å². The maximum atomic E-state index is 11.6. The molecule has 0 bridgehead atoms. The summed E-state index contributed by atoms with van der Waals surface area (Å²) in [6, 6.07) is 3.94. The van der Waals surface area contributed by atoms with E-state index in [1.807, 2.05) is 0 Å². The van der Waals surface area contributed by atoms with Crippen molar-refractivity contribution in [3.8, 4) is 0 Å². The number of ether oxygens (including phenoxy) is 1. The number of benzene rings is 1. The molecule has 7 nitrogen and oxygen atoms in total. The minimum absolute atomic E-state index is 0.0561. The first kappa shape index (κ1) is 11.8. The first-order valence-electron chi connectivity index (χ1n) is 4.92. The molecule has 1 amide bonds. The van der Waals surface area contributed by atoms with Gasteiger partial charge < -0.3 is 10.1 Å². The fourth-order valence-electron chi connectivity index (χ4n) is 1.61. The number of anilines is 1. The molecule has 18 heavy (non-hydrogen) atoms. The van der Waals surface area contributed by atoms with Crippen LogP contribution in [0.3, 0.4) is 0 Å². The Morgan fingerprint density at radius 2 is 2.22 bits per heavy atom. The molecule has 0 atom stereocenters. The lowest BCUT2D eigenvalue weighted by Crippen LogP contribution is -2.06. The van der Waals surface area contributed by atoms with E-state index < -0.39 is 16.8 Å². The Labute approximate surface area is 101 Å². The lowest BCUT2D eigenvalue weighted by molar-refractivity contribution is -0.384. The Hall–Kier alpha value is -2.70. The lowest BCUT2D eigenvalue weighted by Gasteiger charge is -1.98. The van der Waals surface area contributed by atoms with Crippen molar-refractivity contribution in [2.24, 2.45) is 0 Å². The van der Waals surface area contributed by atoms with Crippen molar-refractivity contribution in [2.75, 3.05) is 12.4 Å². The molecule has 0 aromatic heterocycles. The maximum absolute atomic E-state index is 11.6. The monoisotopic (exact) mass is 248 g/mol. The number of non-ortho nitro benzene ring substituents is 1. The SMILES string of the molecule is COC(=O)/C=C1\C(=O)Nc2ccc([N+](=O)[O-])cc21. The first-order valence-corrected chi connectivity index (χ1v) is 4.92. The zero-order chi connectivity index (χ0) is 13.3. The van der Waals surface area contributed by atoms with Crippen LogP contribution in [-0.2, 0) is 14.3 Å².